The van der Waals surface area contributed by atoms with Gasteiger partial charge in [-0.3, -0.25) is 0 Å². The third-order valence-electron chi connectivity index (χ3n) is 2.26. The van der Waals surface area contributed by atoms with Gasteiger partial charge < -0.3 is 10.1 Å². The van der Waals surface area contributed by atoms with Crippen molar-refractivity contribution in [2.24, 2.45) is 0 Å². The summed E-state index contributed by atoms with van der Waals surface area (Å²) in [6, 6.07) is 7.65. The summed E-state index contributed by atoms with van der Waals surface area (Å²) >= 11 is 5.87. The molecule has 20 heavy (non-hydrogen) atoms. The Kier molecular flexibility index (Phi) is 3.99. The highest BCUT2D eigenvalue weighted by atomic mass is 35.5. The Morgan fingerprint density at radius 2 is 1.90 bits per heavy atom. The van der Waals surface area contributed by atoms with Crippen LogP contribution in [0.1, 0.15) is 5.82 Å². The molecule has 0 amide bonds. The maximum atomic E-state index is 12.7. The van der Waals surface area contributed by atoms with Crippen molar-refractivity contribution in [3.8, 4) is 11.6 Å². The van der Waals surface area contributed by atoms with Crippen LogP contribution in [0.3, 0.4) is 0 Å². The molecule has 0 aliphatic carbocycles. The Labute approximate surface area is 117 Å². The van der Waals surface area contributed by atoms with Crippen LogP contribution in [0, 0.1) is 0 Å². The van der Waals surface area contributed by atoms with Crippen molar-refractivity contribution in [3.05, 3.63) is 41.2 Å². The zero-order chi connectivity index (χ0) is 14.8. The molecular formula is C12H9ClF3N3O. The molecule has 106 valence electrons. The fourth-order valence-electron chi connectivity index (χ4n) is 1.37. The lowest BCUT2D eigenvalue weighted by Gasteiger charge is -2.11. The average Bonchev–Trinajstić information content (AvgIpc) is 2.40. The van der Waals surface area contributed by atoms with Gasteiger partial charge in [0.05, 0.1) is 5.02 Å². The number of rotatable bonds is 3. The highest BCUT2D eigenvalue weighted by Gasteiger charge is 2.35. The summed E-state index contributed by atoms with van der Waals surface area (Å²) in [5.41, 5.74) is 0. The number of alkyl halides is 3. The minimum absolute atomic E-state index is 0.00521. The van der Waals surface area contributed by atoms with Gasteiger partial charge in [0.15, 0.2) is 0 Å². The smallest absolute Gasteiger partial charge is 0.437 e. The van der Waals surface area contributed by atoms with E-state index in [1.165, 1.54) is 19.2 Å². The molecule has 0 atom stereocenters. The van der Waals surface area contributed by atoms with Crippen molar-refractivity contribution in [1.82, 2.24) is 9.97 Å². The number of nitrogens with zero attached hydrogens (tertiary/aromatic N) is 2. The van der Waals surface area contributed by atoms with Crippen LogP contribution >= 0.6 is 11.6 Å². The van der Waals surface area contributed by atoms with Crippen molar-refractivity contribution in [1.29, 1.82) is 0 Å². The maximum absolute atomic E-state index is 12.7. The monoisotopic (exact) mass is 303 g/mol. The van der Waals surface area contributed by atoms with Crippen molar-refractivity contribution < 1.29 is 17.9 Å². The van der Waals surface area contributed by atoms with E-state index in [2.05, 4.69) is 15.3 Å². The Balaban J connectivity index is 2.39. The van der Waals surface area contributed by atoms with Crippen LogP contribution in [0.15, 0.2) is 30.3 Å². The standard InChI is InChI=1S/C12H9ClF3N3O/c1-17-9-6-10(19-11(18-9)12(14,15)16)20-8-5-3-2-4-7(8)13/h2-6H,1H3,(H,17,18,19). The molecular weight excluding hydrogens is 295 g/mol. The molecule has 0 saturated heterocycles. The van der Waals surface area contributed by atoms with Gasteiger partial charge in [0, 0.05) is 13.1 Å². The van der Waals surface area contributed by atoms with Gasteiger partial charge in [-0.15, -0.1) is 0 Å². The highest BCUT2D eigenvalue weighted by molar-refractivity contribution is 6.32. The van der Waals surface area contributed by atoms with E-state index in [-0.39, 0.29) is 22.5 Å². The number of nitrogens with one attached hydrogen (secondary N) is 1. The molecule has 0 aliphatic heterocycles. The summed E-state index contributed by atoms with van der Waals surface area (Å²) in [6.45, 7) is 0. The minimum Gasteiger partial charge on any atom is -0.437 e. The van der Waals surface area contributed by atoms with Gasteiger partial charge in [-0.25, -0.2) is 4.98 Å². The van der Waals surface area contributed by atoms with E-state index in [9.17, 15) is 13.2 Å². The quantitative estimate of drug-likeness (QED) is 0.931. The normalized spacial score (nSPS) is 11.2. The van der Waals surface area contributed by atoms with Crippen molar-refractivity contribution >= 4 is 17.4 Å². The predicted molar refractivity (Wildman–Crippen MR) is 68.1 cm³/mol. The Bertz CT molecular complexity index is 619. The molecule has 2 rings (SSSR count). The molecule has 0 bridgehead atoms. The Hall–Kier alpha value is -2.02. The lowest BCUT2D eigenvalue weighted by Crippen LogP contribution is -2.12. The second-order valence-electron chi connectivity index (χ2n) is 3.70. The summed E-state index contributed by atoms with van der Waals surface area (Å²) in [7, 11) is 1.45. The molecule has 1 N–H and O–H groups in total. The van der Waals surface area contributed by atoms with E-state index >= 15 is 0 Å². The van der Waals surface area contributed by atoms with Gasteiger partial charge in [0.2, 0.25) is 11.7 Å². The summed E-state index contributed by atoms with van der Waals surface area (Å²) in [5.74, 6) is -1.33. The summed E-state index contributed by atoms with van der Waals surface area (Å²) in [5, 5.41) is 2.79. The molecule has 2 aromatic rings. The number of para-hydroxylation sites is 1. The van der Waals surface area contributed by atoms with Gasteiger partial charge in [-0.1, -0.05) is 23.7 Å². The molecule has 1 aromatic heterocycles. The van der Waals surface area contributed by atoms with E-state index in [1.807, 2.05) is 0 Å². The molecule has 0 fully saturated rings. The third-order valence-corrected chi connectivity index (χ3v) is 2.58. The Morgan fingerprint density at radius 1 is 1.20 bits per heavy atom. The first-order valence-corrected chi connectivity index (χ1v) is 5.84. The number of hydrogen-bond acceptors (Lipinski definition) is 4. The molecule has 0 radical (unpaired) electrons. The number of aromatic nitrogens is 2. The van der Waals surface area contributed by atoms with Crippen LogP contribution in [0.25, 0.3) is 0 Å². The van der Waals surface area contributed by atoms with Crippen molar-refractivity contribution in [2.45, 2.75) is 6.18 Å². The first-order chi connectivity index (χ1) is 9.40. The first-order valence-electron chi connectivity index (χ1n) is 5.46. The lowest BCUT2D eigenvalue weighted by atomic mass is 10.3. The number of hydrogen-bond donors (Lipinski definition) is 1. The van der Waals surface area contributed by atoms with Gasteiger partial charge >= 0.3 is 6.18 Å². The van der Waals surface area contributed by atoms with Crippen molar-refractivity contribution in [2.75, 3.05) is 12.4 Å². The molecule has 0 aliphatic rings. The SMILES string of the molecule is CNc1cc(Oc2ccccc2Cl)nc(C(F)(F)F)n1. The van der Waals surface area contributed by atoms with E-state index in [4.69, 9.17) is 16.3 Å². The van der Waals surface area contributed by atoms with Gasteiger partial charge in [-0.05, 0) is 12.1 Å². The fourth-order valence-corrected chi connectivity index (χ4v) is 1.55. The molecule has 8 heteroatoms. The van der Waals surface area contributed by atoms with Crippen LogP contribution < -0.4 is 10.1 Å². The predicted octanol–water partition coefficient (Wildman–Crippen LogP) is 3.98. The average molecular weight is 304 g/mol. The first kappa shape index (κ1) is 14.4. The van der Waals surface area contributed by atoms with Crippen LogP contribution in [-0.4, -0.2) is 17.0 Å². The Morgan fingerprint density at radius 3 is 2.50 bits per heavy atom. The lowest BCUT2D eigenvalue weighted by molar-refractivity contribution is -0.145. The van der Waals surface area contributed by atoms with E-state index < -0.39 is 12.0 Å². The molecule has 0 unspecified atom stereocenters. The number of benzene rings is 1. The number of ether oxygens (including phenoxy) is 1. The van der Waals surface area contributed by atoms with Gasteiger partial charge in [0.1, 0.15) is 11.6 Å². The molecule has 1 heterocycles. The zero-order valence-electron chi connectivity index (χ0n) is 10.2. The van der Waals surface area contributed by atoms with E-state index in [0.717, 1.165) is 0 Å². The summed E-state index contributed by atoms with van der Waals surface area (Å²) in [4.78, 5) is 6.66. The van der Waals surface area contributed by atoms with Gasteiger partial charge in [0.25, 0.3) is 0 Å². The highest BCUT2D eigenvalue weighted by Crippen LogP contribution is 2.32. The molecule has 4 nitrogen and oxygen atoms in total. The minimum atomic E-state index is -4.66. The summed E-state index contributed by atoms with van der Waals surface area (Å²) in [6.07, 6.45) is -4.66. The second kappa shape index (κ2) is 5.54. The fraction of sp³-hybridized carbons (Fsp3) is 0.167. The van der Waals surface area contributed by atoms with Gasteiger partial charge in [-0.2, -0.15) is 18.2 Å². The van der Waals surface area contributed by atoms with Crippen LogP contribution in [0.5, 0.6) is 11.6 Å². The molecule has 0 spiro atoms. The molecule has 1 aromatic carbocycles. The second-order valence-corrected chi connectivity index (χ2v) is 4.10. The van der Waals surface area contributed by atoms with Crippen molar-refractivity contribution in [3.63, 3.8) is 0 Å². The third kappa shape index (κ3) is 3.30. The largest absolute Gasteiger partial charge is 0.451 e. The van der Waals surface area contributed by atoms with Crippen LogP contribution in [-0.2, 0) is 6.18 Å². The summed E-state index contributed by atoms with van der Waals surface area (Å²) < 4.78 is 43.3. The van der Waals surface area contributed by atoms with Crippen LogP contribution in [0.4, 0.5) is 19.0 Å². The van der Waals surface area contributed by atoms with E-state index in [0.29, 0.717) is 0 Å². The number of halogens is 4. The van der Waals surface area contributed by atoms with E-state index in [1.54, 1.807) is 18.2 Å². The van der Waals surface area contributed by atoms with Crippen LogP contribution in [0.2, 0.25) is 5.02 Å². The topological polar surface area (TPSA) is 47.0 Å². The zero-order valence-corrected chi connectivity index (χ0v) is 11.0. The number of anilines is 1. The molecule has 0 saturated carbocycles. The maximum Gasteiger partial charge on any atom is 0.451 e.